The maximum absolute atomic E-state index is 8.36. The van der Waals surface area contributed by atoms with E-state index in [0.717, 1.165) is 6.42 Å². The van der Waals surface area contributed by atoms with Gasteiger partial charge in [0.2, 0.25) is 5.79 Å². The lowest BCUT2D eigenvalue weighted by molar-refractivity contribution is -0.742. The van der Waals surface area contributed by atoms with Gasteiger partial charge in [-0.3, -0.25) is 0 Å². The number of aromatic nitrogens is 3. The zero-order chi connectivity index (χ0) is 20.6. The summed E-state index contributed by atoms with van der Waals surface area (Å²) in [5.74, 6) is -1.05. The molecule has 28 heavy (non-hydrogen) atoms. The summed E-state index contributed by atoms with van der Waals surface area (Å²) in [6.45, 7) is 3.97. The molecule has 1 aromatic carbocycles. The number of rotatable bonds is 7. The third-order valence-corrected chi connectivity index (χ3v) is 4.24. The van der Waals surface area contributed by atoms with E-state index in [2.05, 4.69) is 17.0 Å². The topological polar surface area (TPSA) is 122 Å². The normalized spacial score (nSPS) is 21.2. The minimum absolute atomic E-state index is 0.174. The van der Waals surface area contributed by atoms with Crippen molar-refractivity contribution < 1.29 is 24.5 Å². The zero-order valence-corrected chi connectivity index (χ0v) is 16.5. The number of benzene rings is 1. The largest absolute Gasteiger partial charge is 0.379 e. The van der Waals surface area contributed by atoms with Crippen LogP contribution in [0.4, 0.5) is 0 Å². The highest BCUT2D eigenvalue weighted by Crippen LogP contribution is 2.40. The van der Waals surface area contributed by atoms with Crippen molar-refractivity contribution in [1.29, 1.82) is 0 Å². The van der Waals surface area contributed by atoms with Crippen LogP contribution >= 0.6 is 23.2 Å². The van der Waals surface area contributed by atoms with Crippen LogP contribution in [0, 0.1) is 10.1 Å². The lowest BCUT2D eigenvalue weighted by atomic mass is 10.1. The molecule has 2 aromatic rings. The molecule has 0 amide bonds. The Morgan fingerprint density at radius 1 is 1.50 bits per heavy atom. The zero-order valence-electron chi connectivity index (χ0n) is 15.0. The lowest BCUT2D eigenvalue weighted by Gasteiger charge is -2.29. The van der Waals surface area contributed by atoms with Gasteiger partial charge in [0.1, 0.15) is 25.3 Å². The van der Waals surface area contributed by atoms with Crippen LogP contribution < -0.4 is 0 Å². The van der Waals surface area contributed by atoms with Crippen molar-refractivity contribution in [2.24, 2.45) is 0 Å². The van der Waals surface area contributed by atoms with E-state index < -0.39 is 10.9 Å². The summed E-state index contributed by atoms with van der Waals surface area (Å²) in [7, 11) is 0. The van der Waals surface area contributed by atoms with Gasteiger partial charge in [-0.1, -0.05) is 36.2 Å². The van der Waals surface area contributed by atoms with E-state index in [4.69, 9.17) is 52.7 Å². The molecule has 1 aromatic heterocycles. The quantitative estimate of drug-likeness (QED) is 0.400. The molecule has 12 heteroatoms. The van der Waals surface area contributed by atoms with Crippen molar-refractivity contribution in [2.75, 3.05) is 19.8 Å². The third kappa shape index (κ3) is 6.28. The first-order valence-corrected chi connectivity index (χ1v) is 9.12. The van der Waals surface area contributed by atoms with Gasteiger partial charge >= 0.3 is 0 Å². The van der Waals surface area contributed by atoms with Crippen LogP contribution in [0.5, 0.6) is 0 Å². The Labute approximate surface area is 171 Å². The van der Waals surface area contributed by atoms with E-state index in [1.165, 1.54) is 6.33 Å². The fourth-order valence-electron chi connectivity index (χ4n) is 2.64. The molecule has 1 saturated heterocycles. The molecular weight excluding hydrogens is 415 g/mol. The first-order valence-electron chi connectivity index (χ1n) is 8.37. The van der Waals surface area contributed by atoms with Gasteiger partial charge in [0.25, 0.3) is 5.09 Å². The first-order chi connectivity index (χ1) is 13.4. The Bertz CT molecular complexity index is 760. The van der Waals surface area contributed by atoms with E-state index in [1.807, 2.05) is 6.07 Å². The molecule has 1 N–H and O–H groups in total. The van der Waals surface area contributed by atoms with Crippen LogP contribution in [-0.2, 0) is 26.5 Å². The average molecular weight is 435 g/mol. The van der Waals surface area contributed by atoms with Gasteiger partial charge in [0.05, 0.1) is 18.2 Å². The summed E-state index contributed by atoms with van der Waals surface area (Å²) in [6.07, 6.45) is 3.86. The Morgan fingerprint density at radius 2 is 2.25 bits per heavy atom. The van der Waals surface area contributed by atoms with Crippen LogP contribution in [0.2, 0.25) is 10.0 Å². The van der Waals surface area contributed by atoms with Crippen molar-refractivity contribution in [1.82, 2.24) is 14.8 Å². The maximum Gasteiger partial charge on any atom is 0.291 e. The van der Waals surface area contributed by atoms with Crippen molar-refractivity contribution in [2.45, 2.75) is 31.8 Å². The number of halogens is 2. The van der Waals surface area contributed by atoms with Gasteiger partial charge in [-0.05, 0) is 18.6 Å². The Kier molecular flexibility index (Phi) is 8.39. The van der Waals surface area contributed by atoms with Gasteiger partial charge in [-0.2, -0.15) is 5.10 Å². The molecule has 0 bridgehead atoms. The first kappa shape index (κ1) is 22.3. The molecule has 0 spiro atoms. The molecule has 2 atom stereocenters. The highest BCUT2D eigenvalue weighted by atomic mass is 35.5. The maximum atomic E-state index is 8.36. The molecular formula is C16H20Cl2N4O6. The minimum Gasteiger partial charge on any atom is -0.379 e. The van der Waals surface area contributed by atoms with Crippen molar-refractivity contribution in [3.8, 4) is 0 Å². The van der Waals surface area contributed by atoms with Crippen molar-refractivity contribution in [3.05, 3.63) is 56.6 Å². The average Bonchev–Trinajstić information content (AvgIpc) is 3.26. The molecule has 0 saturated carbocycles. The molecule has 154 valence electrons. The third-order valence-electron chi connectivity index (χ3n) is 3.69. The summed E-state index contributed by atoms with van der Waals surface area (Å²) < 4.78 is 19.5. The molecule has 0 aliphatic carbocycles. The summed E-state index contributed by atoms with van der Waals surface area (Å²) >= 11 is 12.4. The number of ether oxygens (including phenoxy) is 3. The van der Waals surface area contributed by atoms with Crippen LogP contribution in [0.25, 0.3) is 0 Å². The Morgan fingerprint density at radius 3 is 2.86 bits per heavy atom. The van der Waals surface area contributed by atoms with E-state index in [0.29, 0.717) is 42.0 Å². The van der Waals surface area contributed by atoms with Crippen LogP contribution in [0.1, 0.15) is 18.9 Å². The molecule has 3 rings (SSSR count). The molecule has 2 unspecified atom stereocenters. The van der Waals surface area contributed by atoms with Gasteiger partial charge in [0.15, 0.2) is 0 Å². The highest BCUT2D eigenvalue weighted by Gasteiger charge is 2.45. The molecule has 2 heterocycles. The molecule has 1 fully saturated rings. The van der Waals surface area contributed by atoms with Crippen LogP contribution in [0.15, 0.2) is 30.9 Å². The second-order valence-electron chi connectivity index (χ2n) is 5.83. The van der Waals surface area contributed by atoms with Crippen LogP contribution in [-0.4, -0.2) is 51.0 Å². The predicted molar refractivity (Wildman–Crippen MR) is 98.9 cm³/mol. The van der Waals surface area contributed by atoms with Crippen molar-refractivity contribution >= 4 is 23.2 Å². The van der Waals surface area contributed by atoms with Crippen LogP contribution in [0.3, 0.4) is 0 Å². The summed E-state index contributed by atoms with van der Waals surface area (Å²) in [5.41, 5.74) is 0.710. The Balaban J connectivity index is 0.000000640. The monoisotopic (exact) mass is 434 g/mol. The van der Waals surface area contributed by atoms with E-state index in [9.17, 15) is 0 Å². The van der Waals surface area contributed by atoms with Gasteiger partial charge < -0.3 is 19.4 Å². The van der Waals surface area contributed by atoms with E-state index >= 15 is 0 Å². The van der Waals surface area contributed by atoms with Gasteiger partial charge in [-0.25, -0.2) is 9.67 Å². The molecule has 10 nitrogen and oxygen atoms in total. The molecule has 1 aliphatic rings. The van der Waals surface area contributed by atoms with E-state index in [-0.39, 0.29) is 6.10 Å². The number of hydrogen-bond acceptors (Lipinski definition) is 7. The number of hydrogen-bond donors (Lipinski definition) is 1. The predicted octanol–water partition coefficient (Wildman–Crippen LogP) is 2.93. The smallest absolute Gasteiger partial charge is 0.291 e. The van der Waals surface area contributed by atoms with Crippen molar-refractivity contribution in [3.63, 3.8) is 0 Å². The minimum atomic E-state index is -1.50. The highest BCUT2D eigenvalue weighted by molar-refractivity contribution is 6.35. The second kappa shape index (κ2) is 10.5. The SMILES string of the molecule is CCCOCC1COC(Cn2cncn2)(c2ccc(Cl)cc2Cl)O1.O=[N+]([O-])O. The molecule has 1 aliphatic heterocycles. The van der Waals surface area contributed by atoms with E-state index in [1.54, 1.807) is 23.1 Å². The fourth-order valence-corrected chi connectivity index (χ4v) is 3.19. The summed E-state index contributed by atoms with van der Waals surface area (Å²) in [4.78, 5) is 12.3. The summed E-state index contributed by atoms with van der Waals surface area (Å²) in [6, 6.07) is 5.26. The summed E-state index contributed by atoms with van der Waals surface area (Å²) in [5, 5.41) is 18.8. The fraction of sp³-hybridized carbons (Fsp3) is 0.500. The lowest BCUT2D eigenvalue weighted by Crippen LogP contribution is -2.34. The molecule has 0 radical (unpaired) electrons. The second-order valence-corrected chi connectivity index (χ2v) is 6.68. The van der Waals surface area contributed by atoms with Gasteiger partial charge in [0, 0.05) is 17.2 Å². The Hall–Kier alpha value is -1.98. The van der Waals surface area contributed by atoms with Gasteiger partial charge in [-0.15, -0.1) is 10.1 Å². The standard InChI is InChI=1S/C16H19Cl2N3O3.HNO3/c1-2-5-22-7-13-8-23-16(24-13,9-21-11-19-10-20-21)14-4-3-12(17)6-15(14)18;2-1(3)4/h3-4,6,10-11,13H,2,5,7-9H2,1H3;(H,2,3,4). The number of nitrogens with zero attached hydrogens (tertiary/aromatic N) is 4.